The van der Waals surface area contributed by atoms with Crippen LogP contribution in [0.2, 0.25) is 0 Å². The van der Waals surface area contributed by atoms with Crippen molar-refractivity contribution in [2.45, 2.75) is 58.0 Å². The van der Waals surface area contributed by atoms with E-state index < -0.39 is 0 Å². The molecule has 1 N–H and O–H groups in total. The summed E-state index contributed by atoms with van der Waals surface area (Å²) < 4.78 is 1.86. The van der Waals surface area contributed by atoms with Gasteiger partial charge in [0, 0.05) is 12.5 Å². The Hall–Kier alpha value is -1.91. The van der Waals surface area contributed by atoms with E-state index in [2.05, 4.69) is 22.6 Å². The minimum atomic E-state index is 0.00429. The summed E-state index contributed by atoms with van der Waals surface area (Å²) in [6.07, 6.45) is 5.88. The van der Waals surface area contributed by atoms with Gasteiger partial charge in [-0.3, -0.25) is 4.79 Å². The summed E-state index contributed by atoms with van der Waals surface area (Å²) in [4.78, 5) is 12.5. The van der Waals surface area contributed by atoms with E-state index in [9.17, 15) is 4.79 Å². The number of fused-ring (bicyclic) bond motifs is 3. The van der Waals surface area contributed by atoms with Gasteiger partial charge >= 0.3 is 0 Å². The van der Waals surface area contributed by atoms with E-state index in [1.54, 1.807) is 0 Å². The van der Waals surface area contributed by atoms with Crippen LogP contribution in [0.5, 0.6) is 0 Å². The molecule has 0 saturated heterocycles. The maximum Gasteiger partial charge on any atom is 0.222 e. The second kappa shape index (κ2) is 6.19. The van der Waals surface area contributed by atoms with Gasteiger partial charge in [0.2, 0.25) is 5.91 Å². The van der Waals surface area contributed by atoms with Crippen LogP contribution >= 0.6 is 0 Å². The van der Waals surface area contributed by atoms with Gasteiger partial charge in [0.25, 0.3) is 0 Å². The van der Waals surface area contributed by atoms with E-state index in [1.165, 1.54) is 25.7 Å². The number of nitrogens with zero attached hydrogens (tertiary/aromatic N) is 3. The van der Waals surface area contributed by atoms with Crippen LogP contribution in [0.4, 0.5) is 0 Å². The van der Waals surface area contributed by atoms with Crippen LogP contribution in [0.1, 0.15) is 52.0 Å². The molecule has 2 aliphatic carbocycles. The molecule has 5 atom stereocenters. The Morgan fingerprint density at radius 3 is 2.88 bits per heavy atom. The van der Waals surface area contributed by atoms with Crippen LogP contribution in [0.25, 0.3) is 11.0 Å². The van der Waals surface area contributed by atoms with Gasteiger partial charge in [-0.1, -0.05) is 23.8 Å². The monoisotopic (exact) mass is 326 g/mol. The smallest absolute Gasteiger partial charge is 0.222 e. The number of aromatic nitrogens is 3. The van der Waals surface area contributed by atoms with Crippen molar-refractivity contribution in [3.05, 3.63) is 24.3 Å². The van der Waals surface area contributed by atoms with Gasteiger partial charge in [-0.15, -0.1) is 5.10 Å². The van der Waals surface area contributed by atoms with Gasteiger partial charge in [-0.25, -0.2) is 4.68 Å². The van der Waals surface area contributed by atoms with Gasteiger partial charge in [0.15, 0.2) is 0 Å². The quantitative estimate of drug-likeness (QED) is 0.917. The molecule has 0 radical (unpaired) electrons. The summed E-state index contributed by atoms with van der Waals surface area (Å²) in [5, 5.41) is 11.6. The lowest BCUT2D eigenvalue weighted by molar-refractivity contribution is -0.122. The molecular weight excluding hydrogens is 300 g/mol. The molecule has 2 saturated carbocycles. The SMILES string of the molecule is C[C@H](NC(=O)C[C@H](C)n1nnc2ccccc21)[C@@H]1C[C@H]2CC[C@H]1C2. The van der Waals surface area contributed by atoms with Gasteiger partial charge in [0.1, 0.15) is 5.52 Å². The predicted molar refractivity (Wildman–Crippen MR) is 93.4 cm³/mol. The fourth-order valence-electron chi connectivity index (χ4n) is 4.89. The van der Waals surface area contributed by atoms with Crippen molar-refractivity contribution in [2.24, 2.45) is 17.8 Å². The number of para-hydroxylation sites is 1. The van der Waals surface area contributed by atoms with Crippen molar-refractivity contribution < 1.29 is 4.79 Å². The fourth-order valence-corrected chi connectivity index (χ4v) is 4.89. The molecule has 2 fully saturated rings. The molecular formula is C19H26N4O. The van der Waals surface area contributed by atoms with Crippen LogP contribution in [-0.2, 0) is 4.79 Å². The number of nitrogens with one attached hydrogen (secondary N) is 1. The van der Waals surface area contributed by atoms with E-state index in [4.69, 9.17) is 0 Å². The number of carbonyl (C=O) groups is 1. The average molecular weight is 326 g/mol. The Labute approximate surface area is 142 Å². The molecule has 1 amide bonds. The summed E-state index contributed by atoms with van der Waals surface area (Å²) in [7, 11) is 0. The number of hydrogen-bond donors (Lipinski definition) is 1. The number of amides is 1. The highest BCUT2D eigenvalue weighted by Gasteiger charge is 2.42. The van der Waals surface area contributed by atoms with Crippen molar-refractivity contribution in [1.82, 2.24) is 20.3 Å². The Bertz CT molecular complexity index is 740. The first-order valence-corrected chi connectivity index (χ1v) is 9.21. The lowest BCUT2D eigenvalue weighted by atomic mass is 9.84. The maximum atomic E-state index is 12.5. The fraction of sp³-hybridized carbons (Fsp3) is 0.632. The normalized spacial score (nSPS) is 28.2. The molecule has 5 nitrogen and oxygen atoms in total. The summed E-state index contributed by atoms with van der Waals surface area (Å²) in [5.41, 5.74) is 1.86. The first kappa shape index (κ1) is 15.6. The van der Waals surface area contributed by atoms with E-state index in [1.807, 2.05) is 35.9 Å². The van der Waals surface area contributed by atoms with Crippen molar-refractivity contribution in [1.29, 1.82) is 0 Å². The summed E-state index contributed by atoms with van der Waals surface area (Å²) >= 11 is 0. The van der Waals surface area contributed by atoms with E-state index in [0.717, 1.165) is 22.9 Å². The molecule has 4 rings (SSSR count). The Kier molecular flexibility index (Phi) is 4.02. The van der Waals surface area contributed by atoms with Gasteiger partial charge in [-0.05, 0) is 63.0 Å². The molecule has 128 valence electrons. The van der Waals surface area contributed by atoms with Crippen LogP contribution in [-0.4, -0.2) is 26.9 Å². The summed E-state index contributed by atoms with van der Waals surface area (Å²) in [5.74, 6) is 2.55. The Morgan fingerprint density at radius 2 is 2.12 bits per heavy atom. The average Bonchev–Trinajstić information content (AvgIpc) is 3.29. The summed E-state index contributed by atoms with van der Waals surface area (Å²) in [6.45, 7) is 4.21. The highest BCUT2D eigenvalue weighted by atomic mass is 16.1. The second-order valence-electron chi connectivity index (χ2n) is 7.77. The van der Waals surface area contributed by atoms with E-state index in [-0.39, 0.29) is 18.0 Å². The topological polar surface area (TPSA) is 59.8 Å². The molecule has 24 heavy (non-hydrogen) atoms. The van der Waals surface area contributed by atoms with E-state index >= 15 is 0 Å². The van der Waals surface area contributed by atoms with Gasteiger partial charge in [0.05, 0.1) is 11.6 Å². The highest BCUT2D eigenvalue weighted by molar-refractivity contribution is 5.78. The van der Waals surface area contributed by atoms with Crippen LogP contribution in [0.3, 0.4) is 0 Å². The molecule has 1 aromatic carbocycles. The van der Waals surface area contributed by atoms with Crippen molar-refractivity contribution in [3.8, 4) is 0 Å². The van der Waals surface area contributed by atoms with Crippen molar-refractivity contribution >= 4 is 16.9 Å². The third-order valence-electron chi connectivity index (χ3n) is 6.10. The molecule has 0 unspecified atom stereocenters. The van der Waals surface area contributed by atoms with Crippen LogP contribution in [0, 0.1) is 17.8 Å². The number of carbonyl (C=O) groups excluding carboxylic acids is 1. The molecule has 1 heterocycles. The van der Waals surface area contributed by atoms with Gasteiger partial charge in [-0.2, -0.15) is 0 Å². The number of hydrogen-bond acceptors (Lipinski definition) is 3. The molecule has 0 spiro atoms. The first-order valence-electron chi connectivity index (χ1n) is 9.21. The Morgan fingerprint density at radius 1 is 1.29 bits per heavy atom. The minimum Gasteiger partial charge on any atom is -0.353 e. The van der Waals surface area contributed by atoms with Crippen molar-refractivity contribution in [3.63, 3.8) is 0 Å². The van der Waals surface area contributed by atoms with Crippen LogP contribution in [0.15, 0.2) is 24.3 Å². The zero-order chi connectivity index (χ0) is 16.7. The number of benzene rings is 1. The van der Waals surface area contributed by atoms with Crippen molar-refractivity contribution in [2.75, 3.05) is 0 Å². The first-order chi connectivity index (χ1) is 11.6. The summed E-state index contributed by atoms with van der Waals surface area (Å²) in [6, 6.07) is 8.17. The molecule has 2 aliphatic rings. The predicted octanol–water partition coefficient (Wildman–Crippen LogP) is 3.32. The standard InChI is InChI=1S/C19H26N4O/c1-12(23-18-6-4-3-5-17(18)21-22-23)9-19(24)20-13(2)16-11-14-7-8-15(16)10-14/h3-6,12-16H,7-11H2,1-2H3,(H,20,24)/t12-,13-,14-,15-,16-/m0/s1. The zero-order valence-corrected chi connectivity index (χ0v) is 14.5. The van der Waals surface area contributed by atoms with E-state index in [0.29, 0.717) is 12.3 Å². The highest BCUT2D eigenvalue weighted by Crippen LogP contribution is 2.49. The third-order valence-corrected chi connectivity index (χ3v) is 6.10. The maximum absolute atomic E-state index is 12.5. The molecule has 2 aromatic rings. The van der Waals surface area contributed by atoms with Crippen LogP contribution < -0.4 is 5.32 Å². The zero-order valence-electron chi connectivity index (χ0n) is 14.5. The largest absolute Gasteiger partial charge is 0.353 e. The lowest BCUT2D eigenvalue weighted by Crippen LogP contribution is -2.40. The van der Waals surface area contributed by atoms with Gasteiger partial charge < -0.3 is 5.32 Å². The molecule has 5 heteroatoms. The molecule has 0 aliphatic heterocycles. The molecule has 2 bridgehead atoms. The minimum absolute atomic E-state index is 0.00429. The second-order valence-corrected chi connectivity index (χ2v) is 7.77. The lowest BCUT2D eigenvalue weighted by Gasteiger charge is -2.29. The Balaban J connectivity index is 1.37. The number of rotatable bonds is 5. The third kappa shape index (κ3) is 2.80. The molecule has 1 aromatic heterocycles.